The average molecular weight is 204 g/mol. The highest BCUT2D eigenvalue weighted by molar-refractivity contribution is 5.94. The molecule has 2 rings (SSSR count). The Labute approximate surface area is 87.1 Å². The molecule has 0 radical (unpaired) electrons. The molecule has 0 aromatic carbocycles. The molecule has 0 spiro atoms. The summed E-state index contributed by atoms with van der Waals surface area (Å²) >= 11 is 0. The zero-order valence-corrected chi connectivity index (χ0v) is 8.69. The third kappa shape index (κ3) is 1.56. The highest BCUT2D eigenvalue weighted by Gasteiger charge is 2.14. The van der Waals surface area contributed by atoms with Gasteiger partial charge in [-0.05, 0) is 19.1 Å². The Hall–Kier alpha value is -1.91. The van der Waals surface area contributed by atoms with Gasteiger partial charge in [0.15, 0.2) is 5.65 Å². The zero-order chi connectivity index (χ0) is 10.8. The summed E-state index contributed by atoms with van der Waals surface area (Å²) in [6, 6.07) is 3.64. The lowest BCUT2D eigenvalue weighted by molar-refractivity contribution is 0.0943. The number of fused-ring (bicyclic) bond motifs is 1. The molecule has 0 saturated carbocycles. The molecule has 5 heteroatoms. The minimum atomic E-state index is -0.169. The highest BCUT2D eigenvalue weighted by atomic mass is 16.2. The van der Waals surface area contributed by atoms with Gasteiger partial charge in [0.05, 0.1) is 0 Å². The third-order valence-corrected chi connectivity index (χ3v) is 2.17. The van der Waals surface area contributed by atoms with Crippen molar-refractivity contribution in [2.75, 3.05) is 6.54 Å². The van der Waals surface area contributed by atoms with Crippen molar-refractivity contribution in [2.45, 2.75) is 6.92 Å². The number of pyridine rings is 1. The maximum atomic E-state index is 11.6. The van der Waals surface area contributed by atoms with E-state index in [0.29, 0.717) is 12.4 Å². The van der Waals surface area contributed by atoms with Gasteiger partial charge in [0.1, 0.15) is 5.52 Å². The Balaban J connectivity index is 2.53. The van der Waals surface area contributed by atoms with Gasteiger partial charge in [-0.25, -0.2) is 9.97 Å². The molecule has 0 aliphatic rings. The quantitative estimate of drug-likeness (QED) is 0.784. The van der Waals surface area contributed by atoms with Crippen LogP contribution in [-0.4, -0.2) is 27.0 Å². The van der Waals surface area contributed by atoms with Crippen molar-refractivity contribution in [3.8, 4) is 0 Å². The summed E-state index contributed by atoms with van der Waals surface area (Å²) in [5, 5.41) is 2.71. The lowest BCUT2D eigenvalue weighted by atomic mass is 10.4. The third-order valence-electron chi connectivity index (χ3n) is 2.17. The molecule has 1 N–H and O–H groups in total. The minimum Gasteiger partial charge on any atom is -0.350 e. The first-order valence-corrected chi connectivity index (χ1v) is 4.79. The van der Waals surface area contributed by atoms with E-state index < -0.39 is 0 Å². The van der Waals surface area contributed by atoms with Crippen LogP contribution >= 0.6 is 0 Å². The number of hydrogen-bond acceptors (Lipinski definition) is 3. The number of nitrogens with one attached hydrogen (secondary N) is 1. The van der Waals surface area contributed by atoms with Crippen molar-refractivity contribution in [3.05, 3.63) is 24.2 Å². The normalized spacial score (nSPS) is 10.5. The van der Waals surface area contributed by atoms with Gasteiger partial charge in [-0.3, -0.25) is 4.79 Å². The maximum Gasteiger partial charge on any atom is 0.287 e. The van der Waals surface area contributed by atoms with Crippen LogP contribution in [0.15, 0.2) is 18.3 Å². The monoisotopic (exact) mass is 204 g/mol. The average Bonchev–Trinajstić information content (AvgIpc) is 2.57. The number of imidazole rings is 1. The molecule has 15 heavy (non-hydrogen) atoms. The fourth-order valence-electron chi connectivity index (χ4n) is 1.47. The Bertz CT molecular complexity index is 503. The smallest absolute Gasteiger partial charge is 0.287 e. The van der Waals surface area contributed by atoms with E-state index in [0.717, 1.165) is 11.2 Å². The van der Waals surface area contributed by atoms with Crippen molar-refractivity contribution < 1.29 is 4.79 Å². The molecule has 0 atom stereocenters. The van der Waals surface area contributed by atoms with Crippen molar-refractivity contribution >= 4 is 17.1 Å². The minimum absolute atomic E-state index is 0.169. The summed E-state index contributed by atoms with van der Waals surface area (Å²) in [6.45, 7) is 2.47. The lowest BCUT2D eigenvalue weighted by Gasteiger charge is -2.00. The summed E-state index contributed by atoms with van der Waals surface area (Å²) in [5.74, 6) is 0.226. The molecule has 1 amide bonds. The number of nitrogens with zero attached hydrogens (tertiary/aromatic N) is 3. The standard InChI is InChI=1S/C10H12N4O/c1-3-11-10(15)9-13-7-5-4-6-12-8(7)14(9)2/h4-6H,3H2,1-2H3,(H,11,15). The molecular formula is C10H12N4O. The second-order valence-corrected chi connectivity index (χ2v) is 3.20. The van der Waals surface area contributed by atoms with Crippen LogP contribution in [0.25, 0.3) is 11.2 Å². The van der Waals surface area contributed by atoms with Gasteiger partial charge in [0.2, 0.25) is 5.82 Å². The lowest BCUT2D eigenvalue weighted by Crippen LogP contribution is -2.25. The molecule has 5 nitrogen and oxygen atoms in total. The Kier molecular flexibility index (Phi) is 2.37. The molecule has 0 fully saturated rings. The molecular weight excluding hydrogens is 192 g/mol. The number of aromatic nitrogens is 3. The first-order valence-electron chi connectivity index (χ1n) is 4.79. The van der Waals surface area contributed by atoms with Crippen molar-refractivity contribution in [2.24, 2.45) is 7.05 Å². The number of aryl methyl sites for hydroxylation is 1. The number of carbonyl (C=O) groups excluding carboxylic acids is 1. The number of hydrogen-bond donors (Lipinski definition) is 1. The van der Waals surface area contributed by atoms with Crippen molar-refractivity contribution in [1.29, 1.82) is 0 Å². The second-order valence-electron chi connectivity index (χ2n) is 3.20. The Morgan fingerprint density at radius 2 is 2.40 bits per heavy atom. The molecule has 0 aliphatic heterocycles. The topological polar surface area (TPSA) is 59.8 Å². The molecule has 0 saturated heterocycles. The molecule has 0 aliphatic carbocycles. The van der Waals surface area contributed by atoms with Crippen molar-refractivity contribution in [1.82, 2.24) is 19.9 Å². The van der Waals surface area contributed by atoms with E-state index in [1.807, 2.05) is 13.0 Å². The van der Waals surface area contributed by atoms with Crippen LogP contribution in [0.5, 0.6) is 0 Å². The number of carbonyl (C=O) groups is 1. The van der Waals surface area contributed by atoms with Gasteiger partial charge in [-0.1, -0.05) is 0 Å². The number of rotatable bonds is 2. The second kappa shape index (κ2) is 3.68. The Morgan fingerprint density at radius 1 is 1.60 bits per heavy atom. The van der Waals surface area contributed by atoms with Crippen LogP contribution in [0.3, 0.4) is 0 Å². The molecule has 0 unspecified atom stereocenters. The molecule has 78 valence electrons. The van der Waals surface area contributed by atoms with Crippen molar-refractivity contribution in [3.63, 3.8) is 0 Å². The van der Waals surface area contributed by atoms with E-state index in [1.165, 1.54) is 0 Å². The van der Waals surface area contributed by atoms with E-state index in [4.69, 9.17) is 0 Å². The van der Waals surface area contributed by atoms with Gasteiger partial charge in [-0.15, -0.1) is 0 Å². The summed E-state index contributed by atoms with van der Waals surface area (Å²) in [6.07, 6.45) is 1.69. The van der Waals surface area contributed by atoms with Gasteiger partial charge < -0.3 is 9.88 Å². The largest absolute Gasteiger partial charge is 0.350 e. The van der Waals surface area contributed by atoms with Crippen LogP contribution in [0.1, 0.15) is 17.5 Å². The van der Waals surface area contributed by atoms with Gasteiger partial charge in [-0.2, -0.15) is 0 Å². The van der Waals surface area contributed by atoms with E-state index in [9.17, 15) is 4.79 Å². The van der Waals surface area contributed by atoms with E-state index in [2.05, 4.69) is 15.3 Å². The first-order chi connectivity index (χ1) is 7.24. The van der Waals surface area contributed by atoms with Crippen LogP contribution < -0.4 is 5.32 Å². The summed E-state index contributed by atoms with van der Waals surface area (Å²) in [4.78, 5) is 20.0. The Morgan fingerprint density at radius 3 is 3.07 bits per heavy atom. The molecule has 2 aromatic heterocycles. The van der Waals surface area contributed by atoms with Crippen LogP contribution in [0.2, 0.25) is 0 Å². The highest BCUT2D eigenvalue weighted by Crippen LogP contribution is 2.10. The molecule has 2 heterocycles. The zero-order valence-electron chi connectivity index (χ0n) is 8.69. The first kappa shape index (κ1) is 9.64. The number of amides is 1. The molecule has 2 aromatic rings. The summed E-state index contributed by atoms with van der Waals surface area (Å²) in [7, 11) is 1.78. The van der Waals surface area contributed by atoms with Crippen LogP contribution in [-0.2, 0) is 7.05 Å². The SMILES string of the molecule is CCNC(=O)c1nc2cccnc2n1C. The fraction of sp³-hybridized carbons (Fsp3) is 0.300. The predicted octanol–water partition coefficient (Wildman–Crippen LogP) is 0.718. The van der Waals surface area contributed by atoms with Crippen LogP contribution in [0.4, 0.5) is 0 Å². The van der Waals surface area contributed by atoms with Gasteiger partial charge in [0, 0.05) is 19.8 Å². The molecule has 0 bridgehead atoms. The summed E-state index contributed by atoms with van der Waals surface area (Å²) in [5.41, 5.74) is 1.46. The van der Waals surface area contributed by atoms with E-state index in [-0.39, 0.29) is 5.91 Å². The van der Waals surface area contributed by atoms with Gasteiger partial charge in [0.25, 0.3) is 5.91 Å². The predicted molar refractivity (Wildman–Crippen MR) is 56.5 cm³/mol. The van der Waals surface area contributed by atoms with E-state index in [1.54, 1.807) is 23.9 Å². The summed E-state index contributed by atoms with van der Waals surface area (Å²) < 4.78 is 1.69. The van der Waals surface area contributed by atoms with Gasteiger partial charge >= 0.3 is 0 Å². The van der Waals surface area contributed by atoms with E-state index >= 15 is 0 Å². The fourth-order valence-corrected chi connectivity index (χ4v) is 1.47. The van der Waals surface area contributed by atoms with Crippen LogP contribution in [0, 0.1) is 0 Å². The maximum absolute atomic E-state index is 11.6.